The normalized spacial score (nSPS) is 24.6. The molecule has 0 radical (unpaired) electrons. The molecule has 0 bridgehead atoms. The average Bonchev–Trinajstić information content (AvgIpc) is 3.36. The largest absolute Gasteiger partial charge is 0.490 e. The van der Waals surface area contributed by atoms with E-state index < -0.39 is 17.8 Å². The van der Waals surface area contributed by atoms with Gasteiger partial charge in [0.25, 0.3) is 5.91 Å². The van der Waals surface area contributed by atoms with Crippen LogP contribution in [0.15, 0.2) is 36.8 Å². The average molecular weight is 468 g/mol. The highest BCUT2D eigenvalue weighted by Gasteiger charge is 2.45. The van der Waals surface area contributed by atoms with Gasteiger partial charge < -0.3 is 18.8 Å². The third-order valence-electron chi connectivity index (χ3n) is 6.91. The van der Waals surface area contributed by atoms with E-state index in [4.69, 9.17) is 14.2 Å². The number of rotatable bonds is 6. The minimum absolute atomic E-state index is 0.202. The lowest BCUT2D eigenvalue weighted by Gasteiger charge is -2.34. The number of carbonyl (C=O) groups excluding carboxylic acids is 2. The van der Waals surface area contributed by atoms with E-state index >= 15 is 0 Å². The fourth-order valence-electron chi connectivity index (χ4n) is 4.62. The van der Waals surface area contributed by atoms with Crippen LogP contribution in [0.2, 0.25) is 0 Å². The third kappa shape index (κ3) is 5.27. The molecule has 5 rings (SSSR count). The van der Waals surface area contributed by atoms with Crippen LogP contribution in [0.5, 0.6) is 5.75 Å². The third-order valence-corrected chi connectivity index (χ3v) is 6.91. The summed E-state index contributed by atoms with van der Waals surface area (Å²) in [4.78, 5) is 31.2. The molecule has 2 aliphatic carbocycles. The summed E-state index contributed by atoms with van der Waals surface area (Å²) < 4.78 is 19.4. The molecule has 2 atom stereocenters. The monoisotopic (exact) mass is 467 g/mol. The second-order valence-corrected chi connectivity index (χ2v) is 10.1. The number of hydrogen-bond donors (Lipinski definition) is 0. The first-order valence-corrected chi connectivity index (χ1v) is 12.4. The summed E-state index contributed by atoms with van der Waals surface area (Å²) in [5.41, 5.74) is 1.25. The van der Waals surface area contributed by atoms with E-state index in [1.165, 1.54) is 24.2 Å². The Morgan fingerprint density at radius 2 is 1.91 bits per heavy atom. The zero-order valence-corrected chi connectivity index (χ0v) is 19.9. The Kier molecular flexibility index (Phi) is 6.34. The van der Waals surface area contributed by atoms with E-state index in [0.29, 0.717) is 12.5 Å². The number of ether oxygens (including phenoxy) is 3. The number of benzene rings is 1. The van der Waals surface area contributed by atoms with Gasteiger partial charge in [-0.3, -0.25) is 4.79 Å². The van der Waals surface area contributed by atoms with E-state index in [2.05, 4.69) is 4.98 Å². The van der Waals surface area contributed by atoms with Crippen LogP contribution in [-0.4, -0.2) is 56.9 Å². The highest BCUT2D eigenvalue weighted by atomic mass is 16.6. The molecule has 0 N–H and O–H groups in total. The van der Waals surface area contributed by atoms with Gasteiger partial charge >= 0.3 is 6.09 Å². The SMILES string of the molecule is C[C@@H]1CN(C(=O)OC2(C)CC2)C(=O)[C@H](Cc2cn(-c3ccc(OC4CCCCC4)cc3)cn2)O1. The topological polar surface area (TPSA) is 82.9 Å². The highest BCUT2D eigenvalue weighted by Crippen LogP contribution is 2.39. The van der Waals surface area contributed by atoms with Crippen molar-refractivity contribution >= 4 is 12.0 Å². The maximum absolute atomic E-state index is 13.0. The summed E-state index contributed by atoms with van der Waals surface area (Å²) in [6, 6.07) is 7.99. The fraction of sp³-hybridized carbons (Fsp3) is 0.577. The molecule has 3 fully saturated rings. The molecule has 34 heavy (non-hydrogen) atoms. The first-order chi connectivity index (χ1) is 16.4. The van der Waals surface area contributed by atoms with Gasteiger partial charge in [0.2, 0.25) is 0 Å². The molecule has 0 spiro atoms. The van der Waals surface area contributed by atoms with Gasteiger partial charge in [-0.2, -0.15) is 0 Å². The Hall–Kier alpha value is -2.87. The molecule has 2 aromatic rings. The maximum atomic E-state index is 13.0. The summed E-state index contributed by atoms with van der Waals surface area (Å²) in [5, 5.41) is 0. The zero-order chi connectivity index (χ0) is 23.7. The number of hydrogen-bond acceptors (Lipinski definition) is 6. The van der Waals surface area contributed by atoms with Gasteiger partial charge in [-0.05, 0) is 76.6 Å². The highest BCUT2D eigenvalue weighted by molar-refractivity contribution is 5.95. The van der Waals surface area contributed by atoms with E-state index in [0.717, 1.165) is 42.8 Å². The molecule has 8 heteroatoms. The van der Waals surface area contributed by atoms with Crippen LogP contribution >= 0.6 is 0 Å². The van der Waals surface area contributed by atoms with Gasteiger partial charge in [0.15, 0.2) is 0 Å². The first kappa shape index (κ1) is 22.9. The van der Waals surface area contributed by atoms with Gasteiger partial charge in [-0.25, -0.2) is 14.7 Å². The Balaban J connectivity index is 1.21. The second-order valence-electron chi connectivity index (χ2n) is 10.1. The van der Waals surface area contributed by atoms with Crippen LogP contribution in [0, 0.1) is 0 Å². The predicted molar refractivity (Wildman–Crippen MR) is 125 cm³/mol. The van der Waals surface area contributed by atoms with Crippen molar-refractivity contribution < 1.29 is 23.8 Å². The lowest BCUT2D eigenvalue weighted by Crippen LogP contribution is -2.54. The van der Waals surface area contributed by atoms with Gasteiger partial charge in [0.1, 0.15) is 17.5 Å². The number of carbonyl (C=O) groups is 2. The van der Waals surface area contributed by atoms with Gasteiger partial charge in [0, 0.05) is 18.3 Å². The number of morpholine rings is 1. The molecular weight excluding hydrogens is 434 g/mol. The molecule has 1 aliphatic heterocycles. The molecule has 8 nitrogen and oxygen atoms in total. The molecule has 0 unspecified atom stereocenters. The van der Waals surface area contributed by atoms with Crippen molar-refractivity contribution in [3.63, 3.8) is 0 Å². The number of amides is 2. The lowest BCUT2D eigenvalue weighted by molar-refractivity contribution is -0.158. The quantitative estimate of drug-likeness (QED) is 0.625. The number of aromatic nitrogens is 2. The summed E-state index contributed by atoms with van der Waals surface area (Å²) in [7, 11) is 0. The number of nitrogens with zero attached hydrogens (tertiary/aromatic N) is 3. The minimum Gasteiger partial charge on any atom is -0.490 e. The minimum atomic E-state index is -0.766. The summed E-state index contributed by atoms with van der Waals surface area (Å²) >= 11 is 0. The van der Waals surface area contributed by atoms with Crippen LogP contribution in [-0.2, 0) is 20.7 Å². The molecule has 1 saturated heterocycles. The maximum Gasteiger partial charge on any atom is 0.417 e. The zero-order valence-electron chi connectivity index (χ0n) is 19.9. The Morgan fingerprint density at radius 3 is 2.62 bits per heavy atom. The van der Waals surface area contributed by atoms with E-state index in [1.54, 1.807) is 6.33 Å². The molecule has 1 aromatic heterocycles. The van der Waals surface area contributed by atoms with Crippen LogP contribution in [0.4, 0.5) is 4.79 Å². The molecule has 3 aliphatic rings. The van der Waals surface area contributed by atoms with Crippen molar-refractivity contribution in [2.45, 2.75) is 89.1 Å². The molecule has 182 valence electrons. The molecular formula is C26H33N3O5. The fourth-order valence-corrected chi connectivity index (χ4v) is 4.62. The van der Waals surface area contributed by atoms with E-state index in [1.807, 2.05) is 48.9 Å². The molecule has 1 aromatic carbocycles. The van der Waals surface area contributed by atoms with Crippen molar-refractivity contribution in [2.75, 3.05) is 6.54 Å². The molecule has 2 amide bonds. The first-order valence-electron chi connectivity index (χ1n) is 12.4. The molecule has 2 heterocycles. The van der Waals surface area contributed by atoms with Crippen molar-refractivity contribution in [1.82, 2.24) is 14.5 Å². The van der Waals surface area contributed by atoms with Gasteiger partial charge in [-0.1, -0.05) is 6.42 Å². The van der Waals surface area contributed by atoms with Crippen LogP contribution in [0.1, 0.15) is 64.5 Å². The van der Waals surface area contributed by atoms with Gasteiger partial charge in [-0.15, -0.1) is 0 Å². The number of imidazole rings is 1. The Morgan fingerprint density at radius 1 is 1.18 bits per heavy atom. The van der Waals surface area contributed by atoms with Crippen molar-refractivity contribution in [3.05, 3.63) is 42.5 Å². The Labute approximate surface area is 200 Å². The van der Waals surface area contributed by atoms with Gasteiger partial charge in [0.05, 0.1) is 30.8 Å². The lowest BCUT2D eigenvalue weighted by atomic mass is 9.98. The van der Waals surface area contributed by atoms with Crippen molar-refractivity contribution in [2.24, 2.45) is 0 Å². The van der Waals surface area contributed by atoms with E-state index in [-0.39, 0.29) is 18.6 Å². The summed E-state index contributed by atoms with van der Waals surface area (Å²) in [6.45, 7) is 3.94. The summed E-state index contributed by atoms with van der Waals surface area (Å²) in [6.07, 6.45) is 10.3. The van der Waals surface area contributed by atoms with Crippen LogP contribution < -0.4 is 4.74 Å². The van der Waals surface area contributed by atoms with Crippen molar-refractivity contribution in [1.29, 1.82) is 0 Å². The smallest absolute Gasteiger partial charge is 0.417 e. The number of imide groups is 1. The predicted octanol–water partition coefficient (Wildman–Crippen LogP) is 4.43. The standard InChI is InChI=1S/C26H33N3O5/c1-18-15-29(25(31)34-26(2)12-13-26)24(30)23(32-18)14-19-16-28(17-27-19)20-8-10-22(11-9-20)33-21-6-4-3-5-7-21/h8-11,16-18,21,23H,3-7,12-15H2,1-2H3/t18-,23+/m1/s1. The van der Waals surface area contributed by atoms with Crippen LogP contribution in [0.3, 0.4) is 0 Å². The van der Waals surface area contributed by atoms with Crippen LogP contribution in [0.25, 0.3) is 5.69 Å². The second kappa shape index (κ2) is 9.41. The molecule has 2 saturated carbocycles. The summed E-state index contributed by atoms with van der Waals surface area (Å²) in [5.74, 6) is 0.518. The van der Waals surface area contributed by atoms with E-state index in [9.17, 15) is 9.59 Å². The Bertz CT molecular complexity index is 1020. The van der Waals surface area contributed by atoms with Crippen molar-refractivity contribution in [3.8, 4) is 11.4 Å².